The fourth-order valence-electron chi connectivity index (χ4n) is 2.20. The first kappa shape index (κ1) is 13.0. The Kier molecular flexibility index (Phi) is 2.79. The molecule has 0 saturated heterocycles. The van der Waals surface area contributed by atoms with Crippen molar-refractivity contribution in [3.63, 3.8) is 0 Å². The zero-order valence-electron chi connectivity index (χ0n) is 11.1. The quantitative estimate of drug-likeness (QED) is 0.633. The van der Waals surface area contributed by atoms with Crippen LogP contribution in [0.15, 0.2) is 41.5 Å². The molecule has 0 spiro atoms. The molecule has 0 unspecified atom stereocenters. The summed E-state index contributed by atoms with van der Waals surface area (Å²) in [5.74, 6) is -0.350. The smallest absolute Gasteiger partial charge is 0.269 e. The minimum Gasteiger partial charge on any atom is -0.508 e. The number of benzene rings is 2. The van der Waals surface area contributed by atoms with E-state index in [1.54, 1.807) is 19.1 Å². The first-order valence-corrected chi connectivity index (χ1v) is 6.21. The molecule has 0 aliphatic rings. The van der Waals surface area contributed by atoms with Gasteiger partial charge in [0.05, 0.1) is 11.2 Å². The maximum atomic E-state index is 12.5. The molecule has 0 radical (unpaired) electrons. The highest BCUT2D eigenvalue weighted by molar-refractivity contribution is 5.88. The molecule has 6 nitrogen and oxygen atoms in total. The monoisotopic (exact) mass is 284 g/mol. The van der Waals surface area contributed by atoms with Crippen LogP contribution in [0.4, 0.5) is 0 Å². The number of phenols is 3. The lowest BCUT2D eigenvalue weighted by atomic mass is 10.1. The van der Waals surface area contributed by atoms with E-state index in [1.165, 1.54) is 23.0 Å². The molecule has 2 aromatic carbocycles. The van der Waals surface area contributed by atoms with E-state index in [-0.39, 0.29) is 28.2 Å². The van der Waals surface area contributed by atoms with Crippen LogP contribution >= 0.6 is 0 Å². The van der Waals surface area contributed by atoms with Gasteiger partial charge >= 0.3 is 0 Å². The second-order valence-corrected chi connectivity index (χ2v) is 4.70. The van der Waals surface area contributed by atoms with Gasteiger partial charge in [0.25, 0.3) is 5.56 Å². The van der Waals surface area contributed by atoms with Crippen LogP contribution in [0.5, 0.6) is 17.2 Å². The number of aryl methyl sites for hydroxylation is 1. The van der Waals surface area contributed by atoms with E-state index in [4.69, 9.17) is 0 Å². The van der Waals surface area contributed by atoms with Crippen LogP contribution in [0.2, 0.25) is 0 Å². The van der Waals surface area contributed by atoms with E-state index in [1.807, 2.05) is 0 Å². The van der Waals surface area contributed by atoms with Crippen molar-refractivity contribution in [2.24, 2.45) is 0 Å². The molecule has 6 heteroatoms. The molecule has 0 aliphatic heterocycles. The lowest BCUT2D eigenvalue weighted by Crippen LogP contribution is -2.19. The molecule has 3 N–H and O–H groups in total. The van der Waals surface area contributed by atoms with Gasteiger partial charge in [0, 0.05) is 11.6 Å². The Morgan fingerprint density at radius 1 is 1.05 bits per heavy atom. The van der Waals surface area contributed by atoms with Crippen LogP contribution < -0.4 is 5.56 Å². The summed E-state index contributed by atoms with van der Waals surface area (Å²) in [5, 5.41) is 28.9. The standard InChI is InChI=1S/C15H12N2O4/c1-8-11(19)6-12(20)13-14(8)16-7-17(15(13)21)9-2-4-10(18)5-3-9/h2-7,18-20H,1H3. The molecule has 21 heavy (non-hydrogen) atoms. The molecule has 3 aromatic rings. The van der Waals surface area contributed by atoms with Crippen LogP contribution in [0.1, 0.15) is 5.56 Å². The number of aromatic nitrogens is 2. The average Bonchev–Trinajstić information content (AvgIpc) is 2.45. The van der Waals surface area contributed by atoms with Crippen LogP contribution in [0.3, 0.4) is 0 Å². The van der Waals surface area contributed by atoms with Gasteiger partial charge in [-0.2, -0.15) is 0 Å². The third kappa shape index (κ3) is 1.97. The van der Waals surface area contributed by atoms with Crippen molar-refractivity contribution in [1.82, 2.24) is 9.55 Å². The minimum absolute atomic E-state index is 0.0425. The number of phenolic OH excluding ortho intramolecular Hbond substituents is 3. The summed E-state index contributed by atoms with van der Waals surface area (Å²) in [5.41, 5.74) is 0.744. The first-order chi connectivity index (χ1) is 9.99. The Balaban J connectivity index is 2.36. The summed E-state index contributed by atoms with van der Waals surface area (Å²) >= 11 is 0. The van der Waals surface area contributed by atoms with Crippen molar-refractivity contribution >= 4 is 10.9 Å². The molecular weight excluding hydrogens is 272 g/mol. The van der Waals surface area contributed by atoms with Crippen molar-refractivity contribution in [3.8, 4) is 22.9 Å². The maximum Gasteiger partial charge on any atom is 0.269 e. The molecule has 0 amide bonds. The largest absolute Gasteiger partial charge is 0.508 e. The topological polar surface area (TPSA) is 95.6 Å². The molecular formula is C15H12N2O4. The van der Waals surface area contributed by atoms with Crippen LogP contribution in [0, 0.1) is 6.92 Å². The zero-order chi connectivity index (χ0) is 15.1. The number of fused-ring (bicyclic) bond motifs is 1. The van der Waals surface area contributed by atoms with Crippen molar-refractivity contribution < 1.29 is 15.3 Å². The molecule has 1 aromatic heterocycles. The second-order valence-electron chi connectivity index (χ2n) is 4.70. The van der Waals surface area contributed by atoms with Crippen molar-refractivity contribution in [2.75, 3.05) is 0 Å². The van der Waals surface area contributed by atoms with Crippen molar-refractivity contribution in [2.45, 2.75) is 6.92 Å². The van der Waals surface area contributed by atoms with E-state index in [0.717, 1.165) is 6.07 Å². The van der Waals surface area contributed by atoms with Crippen LogP contribution in [-0.4, -0.2) is 24.9 Å². The molecule has 3 rings (SSSR count). The van der Waals surface area contributed by atoms with E-state index >= 15 is 0 Å². The fraction of sp³-hybridized carbons (Fsp3) is 0.0667. The normalized spacial score (nSPS) is 10.9. The van der Waals surface area contributed by atoms with Gasteiger partial charge in [-0.3, -0.25) is 9.36 Å². The molecule has 1 heterocycles. The number of rotatable bonds is 1. The Bertz CT molecular complexity index is 898. The molecule has 0 saturated carbocycles. The van der Waals surface area contributed by atoms with E-state index in [2.05, 4.69) is 4.98 Å². The summed E-state index contributed by atoms with van der Waals surface area (Å²) < 4.78 is 1.26. The van der Waals surface area contributed by atoms with Crippen molar-refractivity contribution in [1.29, 1.82) is 0 Å². The van der Waals surface area contributed by atoms with Gasteiger partial charge in [-0.1, -0.05) is 0 Å². The number of nitrogens with zero attached hydrogens (tertiary/aromatic N) is 2. The van der Waals surface area contributed by atoms with E-state index in [9.17, 15) is 20.1 Å². The fourth-order valence-corrected chi connectivity index (χ4v) is 2.20. The van der Waals surface area contributed by atoms with Crippen molar-refractivity contribution in [3.05, 3.63) is 52.6 Å². The Labute approximate surface area is 119 Å². The third-order valence-electron chi connectivity index (χ3n) is 3.37. The zero-order valence-corrected chi connectivity index (χ0v) is 11.1. The van der Waals surface area contributed by atoms with Gasteiger partial charge in [0.1, 0.15) is 29.0 Å². The SMILES string of the molecule is Cc1c(O)cc(O)c2c(=O)n(-c3ccc(O)cc3)cnc12. The molecule has 0 aliphatic carbocycles. The predicted octanol–water partition coefficient (Wildman–Crippen LogP) is 1.81. The highest BCUT2D eigenvalue weighted by Crippen LogP contribution is 2.30. The number of aromatic hydroxyl groups is 3. The Morgan fingerprint density at radius 2 is 1.71 bits per heavy atom. The highest BCUT2D eigenvalue weighted by atomic mass is 16.3. The summed E-state index contributed by atoms with van der Waals surface area (Å²) in [6, 6.07) is 7.16. The number of hydrogen-bond acceptors (Lipinski definition) is 5. The highest BCUT2D eigenvalue weighted by Gasteiger charge is 2.14. The summed E-state index contributed by atoms with van der Waals surface area (Å²) in [7, 11) is 0. The minimum atomic E-state index is -0.453. The molecule has 0 bridgehead atoms. The van der Waals surface area contributed by atoms with Gasteiger partial charge in [0.15, 0.2) is 0 Å². The van der Waals surface area contributed by atoms with E-state index < -0.39 is 5.56 Å². The molecule has 106 valence electrons. The average molecular weight is 284 g/mol. The summed E-state index contributed by atoms with van der Waals surface area (Å²) in [4.78, 5) is 16.7. The molecule has 0 atom stereocenters. The summed E-state index contributed by atoms with van der Waals surface area (Å²) in [6.07, 6.45) is 1.32. The Hall–Kier alpha value is -3.02. The van der Waals surface area contributed by atoms with Gasteiger partial charge in [0.2, 0.25) is 0 Å². The second kappa shape index (κ2) is 4.52. The third-order valence-corrected chi connectivity index (χ3v) is 3.37. The van der Waals surface area contributed by atoms with Gasteiger partial charge in [-0.05, 0) is 31.2 Å². The van der Waals surface area contributed by atoms with E-state index in [0.29, 0.717) is 11.3 Å². The predicted molar refractivity (Wildman–Crippen MR) is 77.1 cm³/mol. The van der Waals surface area contributed by atoms with Gasteiger partial charge < -0.3 is 15.3 Å². The molecule has 0 fully saturated rings. The lowest BCUT2D eigenvalue weighted by molar-refractivity contribution is 0.452. The first-order valence-electron chi connectivity index (χ1n) is 6.21. The van der Waals surface area contributed by atoms with Gasteiger partial charge in [-0.15, -0.1) is 0 Å². The summed E-state index contributed by atoms with van der Waals surface area (Å²) in [6.45, 7) is 1.62. The number of hydrogen-bond donors (Lipinski definition) is 3. The van der Waals surface area contributed by atoms with Crippen LogP contribution in [0.25, 0.3) is 16.6 Å². The maximum absolute atomic E-state index is 12.5. The Morgan fingerprint density at radius 3 is 2.38 bits per heavy atom. The van der Waals surface area contributed by atoms with Crippen LogP contribution in [-0.2, 0) is 0 Å². The van der Waals surface area contributed by atoms with Gasteiger partial charge in [-0.25, -0.2) is 4.98 Å². The lowest BCUT2D eigenvalue weighted by Gasteiger charge is -2.10.